The zero-order valence-corrected chi connectivity index (χ0v) is 15.3. The lowest BCUT2D eigenvalue weighted by atomic mass is 9.48. The largest absolute Gasteiger partial charge is 0.460 e. The molecule has 2 atom stereocenters. The maximum atomic E-state index is 13.1. The van der Waals surface area contributed by atoms with Crippen molar-refractivity contribution in [3.05, 3.63) is 48.0 Å². The van der Waals surface area contributed by atoms with Crippen LogP contribution < -0.4 is 0 Å². The molecule has 4 aliphatic carbocycles. The number of carbonyl (C=O) groups is 2. The van der Waals surface area contributed by atoms with Gasteiger partial charge < -0.3 is 9.47 Å². The van der Waals surface area contributed by atoms with Crippen LogP contribution in [-0.4, -0.2) is 17.5 Å². The monoisotopic (exact) mass is 354 g/mol. The molecule has 4 saturated carbocycles. The predicted octanol–water partition coefficient (Wildman–Crippen LogP) is 4.11. The van der Waals surface area contributed by atoms with Gasteiger partial charge in [-0.15, -0.1) is 0 Å². The Labute approximate surface area is 154 Å². The standard InChI is InChI=1S/C22H26O4/c1-3-19(23)26-22-11-17-8-18(12-22)10-21(9-17,14-22)20(24)25-13-16-6-4-15(2)5-7-16/h3-7,17-18H,1,8-14H2,2H3. The third-order valence-electron chi connectivity index (χ3n) is 6.41. The Bertz CT molecular complexity index is 719. The van der Waals surface area contributed by atoms with Crippen LogP contribution in [0.15, 0.2) is 36.9 Å². The molecule has 0 heterocycles. The molecule has 0 spiro atoms. The lowest BCUT2D eigenvalue weighted by Gasteiger charge is -2.59. The minimum atomic E-state index is -0.502. The smallest absolute Gasteiger partial charge is 0.330 e. The summed E-state index contributed by atoms with van der Waals surface area (Å²) in [6.45, 7) is 5.85. The van der Waals surface area contributed by atoms with Gasteiger partial charge in [0.15, 0.2) is 0 Å². The van der Waals surface area contributed by atoms with E-state index in [9.17, 15) is 9.59 Å². The van der Waals surface area contributed by atoms with Gasteiger partial charge in [-0.05, 0) is 56.4 Å². The summed E-state index contributed by atoms with van der Waals surface area (Å²) in [6.07, 6.45) is 6.43. The number of hydrogen-bond donors (Lipinski definition) is 0. The Kier molecular flexibility index (Phi) is 4.17. The van der Waals surface area contributed by atoms with Crippen LogP contribution in [0.5, 0.6) is 0 Å². The Balaban J connectivity index is 1.49. The van der Waals surface area contributed by atoms with E-state index in [1.807, 2.05) is 31.2 Å². The molecular formula is C22H26O4. The first-order valence-corrected chi connectivity index (χ1v) is 9.50. The van der Waals surface area contributed by atoms with Crippen molar-refractivity contribution in [3.8, 4) is 0 Å². The topological polar surface area (TPSA) is 52.6 Å². The van der Waals surface area contributed by atoms with Crippen molar-refractivity contribution in [1.29, 1.82) is 0 Å². The van der Waals surface area contributed by atoms with Gasteiger partial charge in [0.1, 0.15) is 12.2 Å². The lowest BCUT2D eigenvalue weighted by molar-refractivity contribution is -0.210. The van der Waals surface area contributed by atoms with Gasteiger partial charge in [0.25, 0.3) is 0 Å². The highest BCUT2D eigenvalue weighted by Crippen LogP contribution is 2.63. The number of hydrogen-bond acceptors (Lipinski definition) is 4. The van der Waals surface area contributed by atoms with Crippen LogP contribution >= 0.6 is 0 Å². The fourth-order valence-corrected chi connectivity index (χ4v) is 5.78. The highest BCUT2D eigenvalue weighted by Gasteiger charge is 2.62. The molecule has 0 amide bonds. The van der Waals surface area contributed by atoms with Gasteiger partial charge in [0.2, 0.25) is 0 Å². The van der Waals surface area contributed by atoms with Crippen molar-refractivity contribution in [1.82, 2.24) is 0 Å². The first-order valence-electron chi connectivity index (χ1n) is 9.50. The molecule has 0 saturated heterocycles. The summed E-state index contributed by atoms with van der Waals surface area (Å²) in [5.41, 5.74) is 1.20. The average Bonchev–Trinajstić information content (AvgIpc) is 2.59. The minimum Gasteiger partial charge on any atom is -0.460 e. The molecule has 4 heteroatoms. The van der Waals surface area contributed by atoms with Gasteiger partial charge in [-0.25, -0.2) is 4.79 Å². The normalized spacial score (nSPS) is 34.3. The zero-order chi connectivity index (χ0) is 18.4. The van der Waals surface area contributed by atoms with E-state index in [-0.39, 0.29) is 11.9 Å². The molecule has 4 aliphatic rings. The van der Waals surface area contributed by atoms with E-state index < -0.39 is 11.0 Å². The van der Waals surface area contributed by atoms with Crippen molar-refractivity contribution < 1.29 is 19.1 Å². The van der Waals surface area contributed by atoms with Crippen LogP contribution in [0.25, 0.3) is 0 Å². The zero-order valence-electron chi connectivity index (χ0n) is 15.3. The Hall–Kier alpha value is -2.10. The number of ether oxygens (including phenoxy) is 2. The number of esters is 2. The van der Waals surface area contributed by atoms with Gasteiger partial charge in [0.05, 0.1) is 5.41 Å². The molecule has 0 aromatic heterocycles. The molecule has 1 aromatic carbocycles. The Morgan fingerprint density at radius 3 is 2.42 bits per heavy atom. The van der Waals surface area contributed by atoms with Crippen molar-refractivity contribution >= 4 is 11.9 Å². The number of benzene rings is 1. The number of aryl methyl sites for hydroxylation is 1. The van der Waals surface area contributed by atoms with Gasteiger partial charge in [-0.1, -0.05) is 36.4 Å². The quantitative estimate of drug-likeness (QED) is 0.590. The van der Waals surface area contributed by atoms with Gasteiger partial charge in [0, 0.05) is 12.5 Å². The molecule has 4 nitrogen and oxygen atoms in total. The molecule has 0 N–H and O–H groups in total. The first-order chi connectivity index (χ1) is 12.4. The summed E-state index contributed by atoms with van der Waals surface area (Å²) in [5.74, 6) is 0.392. The van der Waals surface area contributed by atoms with Crippen molar-refractivity contribution in [2.45, 2.75) is 57.7 Å². The van der Waals surface area contributed by atoms with Crippen molar-refractivity contribution in [3.63, 3.8) is 0 Å². The van der Waals surface area contributed by atoms with Crippen molar-refractivity contribution in [2.24, 2.45) is 17.3 Å². The first kappa shape index (κ1) is 17.3. The molecule has 5 rings (SSSR count). The van der Waals surface area contributed by atoms with Gasteiger partial charge in [-0.3, -0.25) is 4.79 Å². The van der Waals surface area contributed by atoms with E-state index in [4.69, 9.17) is 9.47 Å². The fraction of sp³-hybridized carbons (Fsp3) is 0.545. The highest BCUT2D eigenvalue weighted by atomic mass is 16.6. The second-order valence-electron chi connectivity index (χ2n) is 8.61. The third kappa shape index (κ3) is 3.06. The second kappa shape index (κ2) is 6.26. The highest BCUT2D eigenvalue weighted by molar-refractivity contribution is 5.82. The van der Waals surface area contributed by atoms with E-state index in [2.05, 4.69) is 6.58 Å². The van der Waals surface area contributed by atoms with Crippen LogP contribution in [0.2, 0.25) is 0 Å². The van der Waals surface area contributed by atoms with Crippen LogP contribution in [0.3, 0.4) is 0 Å². The Morgan fingerprint density at radius 1 is 1.15 bits per heavy atom. The fourth-order valence-electron chi connectivity index (χ4n) is 5.78. The third-order valence-corrected chi connectivity index (χ3v) is 6.41. The maximum absolute atomic E-state index is 13.1. The second-order valence-corrected chi connectivity index (χ2v) is 8.61. The SMILES string of the molecule is C=CC(=O)OC12CC3CC(C1)CC(C(=O)OCc1ccc(C)cc1)(C3)C2. The number of carbonyl (C=O) groups excluding carboxylic acids is 2. The molecule has 138 valence electrons. The molecular weight excluding hydrogens is 328 g/mol. The van der Waals surface area contributed by atoms with E-state index in [0.717, 1.165) is 37.7 Å². The van der Waals surface area contributed by atoms with E-state index in [1.165, 1.54) is 11.6 Å². The lowest BCUT2D eigenvalue weighted by Crippen LogP contribution is -2.59. The van der Waals surface area contributed by atoms with Crippen LogP contribution in [0.4, 0.5) is 0 Å². The van der Waals surface area contributed by atoms with Crippen LogP contribution in [0, 0.1) is 24.2 Å². The summed E-state index contributed by atoms with van der Waals surface area (Å²) in [7, 11) is 0. The maximum Gasteiger partial charge on any atom is 0.330 e. The molecule has 0 radical (unpaired) electrons. The molecule has 0 aliphatic heterocycles. The molecule has 4 fully saturated rings. The van der Waals surface area contributed by atoms with Crippen LogP contribution in [0.1, 0.15) is 49.7 Å². The van der Waals surface area contributed by atoms with E-state index in [0.29, 0.717) is 24.9 Å². The summed E-state index contributed by atoms with van der Waals surface area (Å²) < 4.78 is 11.5. The predicted molar refractivity (Wildman–Crippen MR) is 97.1 cm³/mol. The van der Waals surface area contributed by atoms with Gasteiger partial charge in [-0.2, -0.15) is 0 Å². The number of rotatable bonds is 5. The van der Waals surface area contributed by atoms with Crippen LogP contribution in [-0.2, 0) is 25.7 Å². The molecule has 2 unspecified atom stereocenters. The van der Waals surface area contributed by atoms with E-state index >= 15 is 0 Å². The molecule has 1 aromatic rings. The molecule has 26 heavy (non-hydrogen) atoms. The van der Waals surface area contributed by atoms with Gasteiger partial charge >= 0.3 is 11.9 Å². The minimum absolute atomic E-state index is 0.119. The molecule has 4 bridgehead atoms. The summed E-state index contributed by atoms with van der Waals surface area (Å²) in [4.78, 5) is 24.9. The summed E-state index contributed by atoms with van der Waals surface area (Å²) in [5, 5.41) is 0. The van der Waals surface area contributed by atoms with E-state index in [1.54, 1.807) is 0 Å². The average molecular weight is 354 g/mol. The Morgan fingerprint density at radius 2 is 1.81 bits per heavy atom. The summed E-state index contributed by atoms with van der Waals surface area (Å²) in [6, 6.07) is 8.04. The summed E-state index contributed by atoms with van der Waals surface area (Å²) >= 11 is 0. The van der Waals surface area contributed by atoms with Crippen molar-refractivity contribution in [2.75, 3.05) is 0 Å².